The second kappa shape index (κ2) is 12.4. The summed E-state index contributed by atoms with van der Waals surface area (Å²) in [6.07, 6.45) is 3.88. The quantitative estimate of drug-likeness (QED) is 0.219. The molecule has 0 heterocycles. The molecule has 1 aliphatic carbocycles. The van der Waals surface area contributed by atoms with E-state index >= 15 is 0 Å². The van der Waals surface area contributed by atoms with Crippen LogP contribution in [0.2, 0.25) is 0 Å². The maximum atomic E-state index is 13.5. The SMILES string of the molecule is CCOC(=O)[C@H]1C(c2ccc(-c3ccccc3)cc2)=CC=C(c2ccc(-c3ccccc3)cc2)[C@@H]1C(=O)OCC. The summed E-state index contributed by atoms with van der Waals surface area (Å²) in [6.45, 7) is 3.99. The molecule has 0 bridgehead atoms. The van der Waals surface area contributed by atoms with Crippen molar-refractivity contribution in [3.8, 4) is 22.3 Å². The standard InChI is InChI=1S/C36H32O4/c1-3-39-35(37)33-31(29-19-15-27(16-20-29)25-11-7-5-8-12-25)23-24-32(34(33)36(38)40-4-2)30-21-17-28(18-22-30)26-13-9-6-10-14-26/h5-24,33-34H,3-4H2,1-2H3/t33-,34-/m0/s1. The topological polar surface area (TPSA) is 52.6 Å². The molecule has 4 nitrogen and oxygen atoms in total. The predicted molar refractivity (Wildman–Crippen MR) is 160 cm³/mol. The van der Waals surface area contributed by atoms with E-state index in [1.807, 2.05) is 97.1 Å². The highest BCUT2D eigenvalue weighted by Gasteiger charge is 2.43. The van der Waals surface area contributed by atoms with Gasteiger partial charge < -0.3 is 9.47 Å². The van der Waals surface area contributed by atoms with E-state index in [0.29, 0.717) is 0 Å². The molecule has 0 saturated heterocycles. The van der Waals surface area contributed by atoms with Crippen molar-refractivity contribution < 1.29 is 19.1 Å². The first kappa shape index (κ1) is 26.9. The summed E-state index contributed by atoms with van der Waals surface area (Å²) in [6, 6.07) is 36.4. The number of benzene rings is 4. The zero-order valence-electron chi connectivity index (χ0n) is 22.7. The molecule has 0 spiro atoms. The van der Waals surface area contributed by atoms with Crippen LogP contribution in [0.3, 0.4) is 0 Å². The van der Waals surface area contributed by atoms with Crippen LogP contribution in [0.5, 0.6) is 0 Å². The van der Waals surface area contributed by atoms with Crippen molar-refractivity contribution in [1.29, 1.82) is 0 Å². The third-order valence-corrected chi connectivity index (χ3v) is 7.18. The molecule has 2 atom stereocenters. The molecule has 200 valence electrons. The van der Waals surface area contributed by atoms with Gasteiger partial charge >= 0.3 is 11.9 Å². The van der Waals surface area contributed by atoms with Gasteiger partial charge in [-0.05, 0) is 58.4 Å². The van der Waals surface area contributed by atoms with Gasteiger partial charge in [0.15, 0.2) is 0 Å². The molecule has 0 fully saturated rings. The van der Waals surface area contributed by atoms with Crippen molar-refractivity contribution >= 4 is 23.1 Å². The molecule has 4 aromatic rings. The molecule has 1 aliphatic rings. The molecule has 0 aromatic heterocycles. The Labute approximate surface area is 235 Å². The summed E-state index contributed by atoms with van der Waals surface area (Å²) in [7, 11) is 0. The van der Waals surface area contributed by atoms with E-state index in [4.69, 9.17) is 9.47 Å². The van der Waals surface area contributed by atoms with Gasteiger partial charge in [0.25, 0.3) is 0 Å². The van der Waals surface area contributed by atoms with Crippen molar-refractivity contribution in [1.82, 2.24) is 0 Å². The summed E-state index contributed by atoms with van der Waals surface area (Å²) < 4.78 is 11.1. The normalized spacial score (nSPS) is 16.4. The van der Waals surface area contributed by atoms with Crippen molar-refractivity contribution in [2.45, 2.75) is 13.8 Å². The number of ether oxygens (including phenoxy) is 2. The molecule has 4 heteroatoms. The van der Waals surface area contributed by atoms with Crippen molar-refractivity contribution in [2.75, 3.05) is 13.2 Å². The number of esters is 2. The molecular weight excluding hydrogens is 496 g/mol. The van der Waals surface area contributed by atoms with E-state index < -0.39 is 23.8 Å². The molecule has 0 radical (unpaired) electrons. The summed E-state index contributed by atoms with van der Waals surface area (Å²) in [5.41, 5.74) is 7.57. The minimum absolute atomic E-state index is 0.218. The minimum Gasteiger partial charge on any atom is -0.465 e. The van der Waals surface area contributed by atoms with Gasteiger partial charge in [0.05, 0.1) is 25.0 Å². The molecule has 0 saturated carbocycles. The van der Waals surface area contributed by atoms with Gasteiger partial charge in [-0.2, -0.15) is 0 Å². The monoisotopic (exact) mass is 528 g/mol. The molecular formula is C36H32O4. The van der Waals surface area contributed by atoms with Crippen LogP contribution in [0.15, 0.2) is 121 Å². The maximum absolute atomic E-state index is 13.5. The van der Waals surface area contributed by atoms with Crippen molar-refractivity contribution in [2.24, 2.45) is 11.8 Å². The molecule has 0 amide bonds. The zero-order valence-corrected chi connectivity index (χ0v) is 22.7. The predicted octanol–water partition coefficient (Wildman–Crippen LogP) is 7.86. The Kier molecular flexibility index (Phi) is 8.36. The Hall–Kier alpha value is -4.70. The van der Waals surface area contributed by atoms with E-state index in [9.17, 15) is 9.59 Å². The summed E-state index contributed by atoms with van der Waals surface area (Å²) >= 11 is 0. The zero-order chi connectivity index (χ0) is 27.9. The van der Waals surface area contributed by atoms with Crippen LogP contribution in [0.1, 0.15) is 25.0 Å². The third kappa shape index (κ3) is 5.67. The van der Waals surface area contributed by atoms with E-state index in [0.717, 1.165) is 44.5 Å². The van der Waals surface area contributed by atoms with Crippen LogP contribution in [0, 0.1) is 11.8 Å². The Balaban J connectivity index is 1.57. The van der Waals surface area contributed by atoms with E-state index in [2.05, 4.69) is 24.3 Å². The smallest absolute Gasteiger partial charge is 0.314 e. The lowest BCUT2D eigenvalue weighted by atomic mass is 9.73. The molecule has 4 aromatic carbocycles. The van der Waals surface area contributed by atoms with Crippen LogP contribution in [0.4, 0.5) is 0 Å². The first-order valence-electron chi connectivity index (χ1n) is 13.7. The third-order valence-electron chi connectivity index (χ3n) is 7.18. The lowest BCUT2D eigenvalue weighted by Gasteiger charge is -2.31. The van der Waals surface area contributed by atoms with Crippen molar-refractivity contribution in [3.05, 3.63) is 132 Å². The van der Waals surface area contributed by atoms with Gasteiger partial charge in [-0.25, -0.2) is 0 Å². The largest absolute Gasteiger partial charge is 0.465 e. The highest BCUT2D eigenvalue weighted by Crippen LogP contribution is 2.43. The second-order valence-corrected chi connectivity index (χ2v) is 9.59. The molecule has 5 rings (SSSR count). The average molecular weight is 529 g/mol. The van der Waals surface area contributed by atoms with E-state index in [1.54, 1.807) is 13.8 Å². The van der Waals surface area contributed by atoms with Crippen LogP contribution in [-0.2, 0) is 19.1 Å². The average Bonchev–Trinajstić information content (AvgIpc) is 3.01. The first-order chi connectivity index (χ1) is 19.6. The summed E-state index contributed by atoms with van der Waals surface area (Å²) in [5.74, 6) is -2.55. The van der Waals surface area contributed by atoms with E-state index in [-0.39, 0.29) is 13.2 Å². The number of allylic oxidation sites excluding steroid dienone is 2. The molecule has 0 aliphatic heterocycles. The number of rotatable bonds is 8. The minimum atomic E-state index is -0.838. The fraction of sp³-hybridized carbons (Fsp3) is 0.167. The Morgan fingerprint density at radius 2 is 0.775 bits per heavy atom. The number of carbonyl (C=O) groups is 2. The van der Waals surface area contributed by atoms with Crippen LogP contribution >= 0.6 is 0 Å². The fourth-order valence-corrected chi connectivity index (χ4v) is 5.26. The Morgan fingerprint density at radius 1 is 0.475 bits per heavy atom. The highest BCUT2D eigenvalue weighted by molar-refractivity contribution is 6.03. The summed E-state index contributed by atoms with van der Waals surface area (Å²) in [5, 5.41) is 0. The maximum Gasteiger partial charge on any atom is 0.314 e. The van der Waals surface area contributed by atoms with Crippen molar-refractivity contribution in [3.63, 3.8) is 0 Å². The van der Waals surface area contributed by atoms with Crippen LogP contribution in [-0.4, -0.2) is 25.2 Å². The Morgan fingerprint density at radius 3 is 1.10 bits per heavy atom. The van der Waals surface area contributed by atoms with E-state index in [1.165, 1.54) is 0 Å². The van der Waals surface area contributed by atoms with Gasteiger partial charge in [0, 0.05) is 0 Å². The lowest BCUT2D eigenvalue weighted by Crippen LogP contribution is -2.36. The number of carbonyl (C=O) groups excluding carboxylic acids is 2. The summed E-state index contributed by atoms with van der Waals surface area (Å²) in [4.78, 5) is 27.0. The number of hydrogen-bond acceptors (Lipinski definition) is 4. The van der Waals surface area contributed by atoms with Crippen LogP contribution < -0.4 is 0 Å². The van der Waals surface area contributed by atoms with Crippen LogP contribution in [0.25, 0.3) is 33.4 Å². The Bertz CT molecular complexity index is 1400. The fourth-order valence-electron chi connectivity index (χ4n) is 5.26. The van der Waals surface area contributed by atoms with Gasteiger partial charge in [-0.1, -0.05) is 121 Å². The van der Waals surface area contributed by atoms with Gasteiger partial charge in [-0.15, -0.1) is 0 Å². The lowest BCUT2D eigenvalue weighted by molar-refractivity contribution is -0.155. The highest BCUT2D eigenvalue weighted by atomic mass is 16.5. The molecule has 0 N–H and O–H groups in total. The molecule has 40 heavy (non-hydrogen) atoms. The van der Waals surface area contributed by atoms with Gasteiger partial charge in [-0.3, -0.25) is 9.59 Å². The number of hydrogen-bond donors (Lipinski definition) is 0. The first-order valence-corrected chi connectivity index (χ1v) is 13.7. The van der Waals surface area contributed by atoms with Gasteiger partial charge in [0.1, 0.15) is 0 Å². The van der Waals surface area contributed by atoms with Gasteiger partial charge in [0.2, 0.25) is 0 Å². The second-order valence-electron chi connectivity index (χ2n) is 9.59. The molecule has 0 unspecified atom stereocenters.